The van der Waals surface area contributed by atoms with Crippen LogP contribution in [-0.4, -0.2) is 40.8 Å². The molecule has 15 heavy (non-hydrogen) atoms. The van der Waals surface area contributed by atoms with Crippen molar-refractivity contribution in [1.29, 1.82) is 0 Å². The minimum Gasteiger partial charge on any atom is -0.476 e. The number of carboxylic acid groups (broad SMARTS) is 1. The monoisotopic (exact) mass is 230 g/mol. The standard InChI is InChI=1S/C8H10N2O4S/c11-8(12)7-1-3-10(9-7)6-2-4-15(13,14)5-6/h1,3,6H,2,4-5H2,(H,11,12). The molecule has 1 aliphatic heterocycles. The first-order valence-corrected chi connectivity index (χ1v) is 6.29. The van der Waals surface area contributed by atoms with Crippen LogP contribution in [0.15, 0.2) is 12.3 Å². The Labute approximate surface area is 86.4 Å². The second-order valence-electron chi connectivity index (χ2n) is 3.54. The van der Waals surface area contributed by atoms with Crippen molar-refractivity contribution in [2.75, 3.05) is 11.5 Å². The van der Waals surface area contributed by atoms with Crippen LogP contribution in [0, 0.1) is 0 Å². The molecule has 1 fully saturated rings. The van der Waals surface area contributed by atoms with Gasteiger partial charge in [0.25, 0.3) is 0 Å². The minimum atomic E-state index is -2.96. The lowest BCUT2D eigenvalue weighted by atomic mass is 10.3. The molecule has 1 aromatic heterocycles. The summed E-state index contributed by atoms with van der Waals surface area (Å²) in [7, 11) is -2.96. The summed E-state index contributed by atoms with van der Waals surface area (Å²) in [5, 5.41) is 12.5. The van der Waals surface area contributed by atoms with Gasteiger partial charge in [-0.2, -0.15) is 5.10 Å². The molecule has 0 saturated carbocycles. The van der Waals surface area contributed by atoms with Crippen LogP contribution in [0.3, 0.4) is 0 Å². The number of sulfone groups is 1. The first kappa shape index (κ1) is 10.2. The normalized spacial score (nSPS) is 24.1. The van der Waals surface area contributed by atoms with Crippen molar-refractivity contribution in [3.8, 4) is 0 Å². The third-order valence-electron chi connectivity index (χ3n) is 2.41. The summed E-state index contributed by atoms with van der Waals surface area (Å²) in [6, 6.07) is 1.15. The largest absolute Gasteiger partial charge is 0.476 e. The number of aromatic nitrogens is 2. The van der Waals surface area contributed by atoms with Crippen molar-refractivity contribution in [3.05, 3.63) is 18.0 Å². The molecule has 0 aromatic carbocycles. The van der Waals surface area contributed by atoms with E-state index in [4.69, 9.17) is 5.11 Å². The Morgan fingerprint density at radius 2 is 2.33 bits per heavy atom. The van der Waals surface area contributed by atoms with Gasteiger partial charge in [-0.3, -0.25) is 4.68 Å². The van der Waals surface area contributed by atoms with Crippen molar-refractivity contribution in [2.24, 2.45) is 0 Å². The lowest BCUT2D eigenvalue weighted by Gasteiger charge is -2.06. The fourth-order valence-corrected chi connectivity index (χ4v) is 3.34. The van der Waals surface area contributed by atoms with E-state index < -0.39 is 15.8 Å². The van der Waals surface area contributed by atoms with Gasteiger partial charge in [-0.25, -0.2) is 13.2 Å². The summed E-state index contributed by atoms with van der Waals surface area (Å²) >= 11 is 0. The molecule has 6 nitrogen and oxygen atoms in total. The number of rotatable bonds is 2. The Morgan fingerprint density at radius 1 is 1.60 bits per heavy atom. The molecular formula is C8H10N2O4S. The Balaban J connectivity index is 2.21. The first-order valence-electron chi connectivity index (χ1n) is 4.47. The molecular weight excluding hydrogens is 220 g/mol. The molecule has 1 saturated heterocycles. The molecule has 2 rings (SSSR count). The molecule has 2 heterocycles. The molecule has 0 aliphatic carbocycles. The predicted octanol–water partition coefficient (Wildman–Crippen LogP) is -0.0591. The molecule has 1 unspecified atom stereocenters. The lowest BCUT2D eigenvalue weighted by Crippen LogP contribution is -2.12. The molecule has 7 heteroatoms. The minimum absolute atomic E-state index is 0.0493. The maximum atomic E-state index is 11.2. The number of carbonyl (C=O) groups is 1. The van der Waals surface area contributed by atoms with Gasteiger partial charge in [0, 0.05) is 6.20 Å². The van der Waals surface area contributed by atoms with Crippen molar-refractivity contribution in [2.45, 2.75) is 12.5 Å². The van der Waals surface area contributed by atoms with Crippen LogP contribution in [-0.2, 0) is 9.84 Å². The Hall–Kier alpha value is -1.37. The van der Waals surface area contributed by atoms with E-state index in [2.05, 4.69) is 5.10 Å². The van der Waals surface area contributed by atoms with Crippen molar-refractivity contribution >= 4 is 15.8 Å². The average Bonchev–Trinajstić information content (AvgIpc) is 2.70. The smallest absolute Gasteiger partial charge is 0.356 e. The molecule has 0 radical (unpaired) electrons. The van der Waals surface area contributed by atoms with E-state index in [1.54, 1.807) is 0 Å². The zero-order valence-electron chi connectivity index (χ0n) is 7.83. The SMILES string of the molecule is O=C(O)c1ccn(C2CCS(=O)(=O)C2)n1. The van der Waals surface area contributed by atoms with Gasteiger partial charge < -0.3 is 5.11 Å². The second kappa shape index (κ2) is 3.34. The van der Waals surface area contributed by atoms with Gasteiger partial charge in [0.2, 0.25) is 0 Å². The second-order valence-corrected chi connectivity index (χ2v) is 5.77. The van der Waals surface area contributed by atoms with E-state index in [0.717, 1.165) is 0 Å². The Bertz CT molecular complexity index is 490. The summed E-state index contributed by atoms with van der Waals surface area (Å²) in [5.74, 6) is -0.900. The highest BCUT2D eigenvalue weighted by Crippen LogP contribution is 2.22. The van der Waals surface area contributed by atoms with Crippen LogP contribution in [0.5, 0.6) is 0 Å². The topological polar surface area (TPSA) is 89.3 Å². The van der Waals surface area contributed by atoms with Crippen LogP contribution in [0.25, 0.3) is 0 Å². The fraction of sp³-hybridized carbons (Fsp3) is 0.500. The van der Waals surface area contributed by atoms with E-state index in [-0.39, 0.29) is 23.2 Å². The van der Waals surface area contributed by atoms with Crippen molar-refractivity contribution in [1.82, 2.24) is 9.78 Å². The molecule has 0 bridgehead atoms. The highest BCUT2D eigenvalue weighted by molar-refractivity contribution is 7.91. The highest BCUT2D eigenvalue weighted by Gasteiger charge is 2.29. The van der Waals surface area contributed by atoms with E-state index in [1.807, 2.05) is 0 Å². The van der Waals surface area contributed by atoms with Gasteiger partial charge in [-0.1, -0.05) is 0 Å². The van der Waals surface area contributed by atoms with Crippen LogP contribution in [0.2, 0.25) is 0 Å². The Morgan fingerprint density at radius 3 is 2.80 bits per heavy atom. The summed E-state index contributed by atoms with van der Waals surface area (Å²) in [6.45, 7) is 0. The first-order chi connectivity index (χ1) is 6.98. The van der Waals surface area contributed by atoms with Gasteiger partial charge in [0.1, 0.15) is 0 Å². The molecule has 0 spiro atoms. The molecule has 1 atom stereocenters. The summed E-state index contributed by atoms with van der Waals surface area (Å²) < 4.78 is 23.8. The van der Waals surface area contributed by atoms with Crippen molar-refractivity contribution < 1.29 is 18.3 Å². The van der Waals surface area contributed by atoms with Crippen LogP contribution >= 0.6 is 0 Å². The molecule has 1 aliphatic rings. The van der Waals surface area contributed by atoms with Crippen molar-refractivity contribution in [3.63, 3.8) is 0 Å². The third kappa shape index (κ3) is 2.01. The van der Waals surface area contributed by atoms with E-state index in [0.29, 0.717) is 6.42 Å². The number of nitrogens with zero attached hydrogens (tertiary/aromatic N) is 2. The summed E-state index contributed by atoms with van der Waals surface area (Å²) in [5.41, 5.74) is -0.0562. The zero-order valence-corrected chi connectivity index (χ0v) is 8.64. The van der Waals surface area contributed by atoms with Gasteiger partial charge in [0.05, 0.1) is 17.5 Å². The number of aromatic carboxylic acids is 1. The number of hydrogen-bond donors (Lipinski definition) is 1. The molecule has 1 N–H and O–H groups in total. The summed E-state index contributed by atoms with van der Waals surface area (Å²) in [6.07, 6.45) is 2.01. The zero-order chi connectivity index (χ0) is 11.1. The maximum Gasteiger partial charge on any atom is 0.356 e. The van der Waals surface area contributed by atoms with Gasteiger partial charge in [-0.05, 0) is 12.5 Å². The molecule has 82 valence electrons. The third-order valence-corrected chi connectivity index (χ3v) is 4.16. The van der Waals surface area contributed by atoms with Crippen LogP contribution in [0.1, 0.15) is 23.0 Å². The van der Waals surface area contributed by atoms with E-state index in [1.165, 1.54) is 16.9 Å². The van der Waals surface area contributed by atoms with Gasteiger partial charge >= 0.3 is 5.97 Å². The maximum absolute atomic E-state index is 11.2. The van der Waals surface area contributed by atoms with Gasteiger partial charge in [0.15, 0.2) is 15.5 Å². The number of carboxylic acids is 1. The fourth-order valence-electron chi connectivity index (χ4n) is 1.64. The Kier molecular flexibility index (Phi) is 2.26. The highest BCUT2D eigenvalue weighted by atomic mass is 32.2. The van der Waals surface area contributed by atoms with E-state index >= 15 is 0 Å². The summed E-state index contributed by atoms with van der Waals surface area (Å²) in [4.78, 5) is 10.6. The average molecular weight is 230 g/mol. The molecule has 0 amide bonds. The molecule has 1 aromatic rings. The van der Waals surface area contributed by atoms with E-state index in [9.17, 15) is 13.2 Å². The lowest BCUT2D eigenvalue weighted by molar-refractivity contribution is 0.0689. The van der Waals surface area contributed by atoms with Gasteiger partial charge in [-0.15, -0.1) is 0 Å². The quantitative estimate of drug-likeness (QED) is 0.768. The predicted molar refractivity (Wildman–Crippen MR) is 51.5 cm³/mol. The number of hydrogen-bond acceptors (Lipinski definition) is 4. The van der Waals surface area contributed by atoms with Crippen LogP contribution < -0.4 is 0 Å². The van der Waals surface area contributed by atoms with Crippen LogP contribution in [0.4, 0.5) is 0 Å².